The maximum Gasteiger partial charge on any atom is 0.336 e. The Bertz CT molecular complexity index is 2950. The molecule has 2 unspecified atom stereocenters. The van der Waals surface area contributed by atoms with Crippen molar-refractivity contribution in [2.24, 2.45) is 17.6 Å². The van der Waals surface area contributed by atoms with Crippen LogP contribution in [0.5, 0.6) is 23.0 Å². The number of hydrogen-bond donors (Lipinski definition) is 5. The summed E-state index contributed by atoms with van der Waals surface area (Å²) in [6.07, 6.45) is 13.0. The highest BCUT2D eigenvalue weighted by Gasteiger charge is 2.50. The maximum absolute atomic E-state index is 13.2. The number of likely N-dealkylation sites (tertiary alicyclic amines) is 2. The van der Waals surface area contributed by atoms with Gasteiger partial charge in [0.2, 0.25) is 0 Å². The van der Waals surface area contributed by atoms with E-state index in [0.717, 1.165) is 98.7 Å². The van der Waals surface area contributed by atoms with Gasteiger partial charge in [-0.05, 0) is 116 Å². The molecule has 21 heteroatoms. The first kappa shape index (κ1) is 58.7. The Morgan fingerprint density at radius 2 is 1.06 bits per heavy atom. The molecule has 6 heterocycles. The Kier molecular flexibility index (Phi) is 18.7. The summed E-state index contributed by atoms with van der Waals surface area (Å²) in [5, 5.41) is 12.9. The van der Waals surface area contributed by atoms with Crippen molar-refractivity contribution in [3.05, 3.63) is 99.8 Å². The molecule has 0 bridgehead atoms. The number of aryl methyl sites for hydroxylation is 2. The molecule has 2 saturated carbocycles. The van der Waals surface area contributed by atoms with E-state index >= 15 is 0 Å². The number of rotatable bonds is 13. The second kappa shape index (κ2) is 24.5. The first-order valence-corrected chi connectivity index (χ1v) is 29.6. The number of fused-ring (bicyclic) bond motifs is 2. The van der Waals surface area contributed by atoms with Crippen molar-refractivity contribution in [1.82, 2.24) is 25.1 Å². The number of nitrogens with zero attached hydrogens (tertiary/aromatic N) is 2. The number of aromatic amines is 2. The van der Waals surface area contributed by atoms with Crippen LogP contribution in [0.4, 0.5) is 0 Å². The number of hydrogen-bond acceptors (Lipinski definition) is 15. The van der Waals surface area contributed by atoms with Gasteiger partial charge in [-0.1, -0.05) is 23.2 Å². The summed E-state index contributed by atoms with van der Waals surface area (Å²) in [5.41, 5.74) is 9.83. The van der Waals surface area contributed by atoms with E-state index in [1.54, 1.807) is 39.0 Å². The number of carbonyl (C=O) groups is 2. The molecule has 0 spiro atoms. The summed E-state index contributed by atoms with van der Waals surface area (Å²) >= 11 is 15.9. The van der Waals surface area contributed by atoms with E-state index in [1.807, 2.05) is 59.3 Å². The van der Waals surface area contributed by atoms with E-state index < -0.39 is 17.5 Å². The molecule has 2 saturated heterocycles. The van der Waals surface area contributed by atoms with Crippen molar-refractivity contribution < 1.29 is 43.1 Å². The molecule has 4 fully saturated rings. The lowest BCUT2D eigenvalue weighted by atomic mass is 9.80. The van der Waals surface area contributed by atoms with Gasteiger partial charge in [0.25, 0.3) is 28.6 Å². The van der Waals surface area contributed by atoms with Crippen molar-refractivity contribution in [3.63, 3.8) is 0 Å². The Hall–Kier alpha value is -4.44. The standard InChI is InChI=1S/C28H36ClN3O5S.C20H26ClNO5.C8H12N2OS/c1-15-10-23(38-5)21(27(34)31-15)12-30-26(33)20-11-22(29)25-24(16(20)2)36-28(3,37-25)17-6-8-18(9-7-17)32-13-19(14-32)35-4;1-11-15(19(23)24)8-16(21)18-17(11)26-20(2,27-18)12-4-6-13(7-5-12)22-9-14(10-22)25-3;1-5-3-7(12-2)6(4-9)8(11)10-5/h10-11,17-19H,6-9,12-14H2,1-5H3,(H,30,33)(H,31,34);8,12-14H,4-7,9-10H2,1-3H3,(H,23,24);3H,4,9H2,1-2H3,(H,10,11). The number of carboxylic acid groups (broad SMARTS) is 1. The number of nitrogens with one attached hydrogen (secondary N) is 3. The fraction of sp³-hybridized carbons (Fsp3) is 0.571. The van der Waals surface area contributed by atoms with Crippen LogP contribution in [0.2, 0.25) is 10.0 Å². The highest BCUT2D eigenvalue weighted by molar-refractivity contribution is 7.98. The Morgan fingerprint density at radius 3 is 1.47 bits per heavy atom. The monoisotopic (exact) mass is 1140 g/mol. The number of methoxy groups -OCH3 is 2. The SMILES string of the molecule is COC1CN(C2CCC(C3(C)Oc4c(Cl)cc(C(=O)NCc5c(SC)cc(C)[nH]c5=O)c(C)c4O3)CC2)C1.COC1CN(C2CCC(C3(C)Oc4c(Cl)cc(C(=O)O)c(C)c4O3)CC2)C1.CSc1cc(C)[nH]c(=O)c1CN. The second-order valence-corrected chi connectivity index (χ2v) is 23.8. The third-order valence-electron chi connectivity index (χ3n) is 16.4. The molecule has 10 rings (SSSR count). The Morgan fingerprint density at radius 1 is 0.675 bits per heavy atom. The van der Waals surface area contributed by atoms with Crippen LogP contribution in [0, 0.1) is 39.5 Å². The maximum atomic E-state index is 13.2. The van der Waals surface area contributed by atoms with Crippen molar-refractivity contribution in [3.8, 4) is 23.0 Å². The number of ether oxygens (including phenoxy) is 6. The number of amides is 1. The number of pyridine rings is 2. The molecular formula is C56H74Cl2N6O11S2. The van der Waals surface area contributed by atoms with Gasteiger partial charge in [0, 0.05) is 140 Å². The van der Waals surface area contributed by atoms with Gasteiger partial charge < -0.3 is 54.5 Å². The summed E-state index contributed by atoms with van der Waals surface area (Å²) < 4.78 is 36.0. The molecule has 420 valence electrons. The Labute approximate surface area is 469 Å². The number of carbonyl (C=O) groups excluding carboxylic acids is 1. The predicted octanol–water partition coefficient (Wildman–Crippen LogP) is 9.26. The van der Waals surface area contributed by atoms with Crippen molar-refractivity contribution in [2.75, 3.05) is 52.9 Å². The van der Waals surface area contributed by atoms with Gasteiger partial charge in [-0.2, -0.15) is 0 Å². The summed E-state index contributed by atoms with van der Waals surface area (Å²) in [4.78, 5) is 60.8. The molecule has 17 nitrogen and oxygen atoms in total. The third-order valence-corrected chi connectivity index (χ3v) is 18.6. The van der Waals surface area contributed by atoms with Gasteiger partial charge in [-0.25, -0.2) is 4.79 Å². The number of carboxylic acids is 1. The number of thioether (sulfide) groups is 2. The van der Waals surface area contributed by atoms with Crippen molar-refractivity contribution >= 4 is 58.6 Å². The lowest BCUT2D eigenvalue weighted by molar-refractivity contribution is -0.130. The molecule has 1 amide bonds. The minimum atomic E-state index is -1.01. The zero-order valence-corrected chi connectivity index (χ0v) is 48.9. The molecule has 2 aromatic carbocycles. The van der Waals surface area contributed by atoms with E-state index in [1.165, 1.54) is 17.8 Å². The molecule has 4 aromatic rings. The van der Waals surface area contributed by atoms with Crippen LogP contribution < -0.4 is 41.1 Å². The fourth-order valence-corrected chi connectivity index (χ4v) is 13.5. The van der Waals surface area contributed by atoms with Crippen LogP contribution >= 0.6 is 46.7 Å². The van der Waals surface area contributed by atoms with Crippen LogP contribution in [0.25, 0.3) is 0 Å². The van der Waals surface area contributed by atoms with Crippen molar-refractivity contribution in [1.29, 1.82) is 0 Å². The van der Waals surface area contributed by atoms with E-state index in [0.29, 0.717) is 86.7 Å². The van der Waals surface area contributed by atoms with Crippen LogP contribution in [0.1, 0.15) is 120 Å². The molecule has 2 aromatic heterocycles. The Balaban J connectivity index is 0.000000174. The minimum absolute atomic E-state index is 0.0677. The number of H-pyrrole nitrogens is 2. The second-order valence-electron chi connectivity index (χ2n) is 21.3. The van der Waals surface area contributed by atoms with Gasteiger partial charge in [-0.3, -0.25) is 24.2 Å². The summed E-state index contributed by atoms with van der Waals surface area (Å²) in [6, 6.07) is 8.10. The van der Waals surface area contributed by atoms with Gasteiger partial charge >= 0.3 is 5.97 Å². The lowest BCUT2D eigenvalue weighted by Crippen LogP contribution is -2.57. The summed E-state index contributed by atoms with van der Waals surface area (Å²) in [7, 11) is 3.55. The van der Waals surface area contributed by atoms with Crippen LogP contribution in [-0.4, -0.2) is 126 Å². The smallest absolute Gasteiger partial charge is 0.336 e. The van der Waals surface area contributed by atoms with Crippen LogP contribution in [0.3, 0.4) is 0 Å². The first-order valence-electron chi connectivity index (χ1n) is 26.3. The summed E-state index contributed by atoms with van der Waals surface area (Å²) in [5.74, 6) is -0.552. The lowest BCUT2D eigenvalue weighted by Gasteiger charge is -2.47. The largest absolute Gasteiger partial charge is 0.478 e. The molecule has 0 radical (unpaired) electrons. The molecule has 2 aliphatic carbocycles. The van der Waals surface area contributed by atoms with E-state index in [9.17, 15) is 24.3 Å². The minimum Gasteiger partial charge on any atom is -0.478 e. The molecule has 77 heavy (non-hydrogen) atoms. The first-order chi connectivity index (χ1) is 36.6. The third kappa shape index (κ3) is 12.5. The average molecular weight is 1140 g/mol. The van der Waals surface area contributed by atoms with Gasteiger partial charge in [0.05, 0.1) is 27.8 Å². The number of benzene rings is 2. The molecule has 2 atom stereocenters. The molecule has 6 N–H and O–H groups in total. The highest BCUT2D eigenvalue weighted by Crippen LogP contribution is 2.53. The highest BCUT2D eigenvalue weighted by atomic mass is 35.5. The normalized spacial score (nSPS) is 24.9. The van der Waals surface area contributed by atoms with Crippen molar-refractivity contribution in [2.45, 2.75) is 152 Å². The number of aromatic nitrogens is 2. The van der Waals surface area contributed by atoms with Gasteiger partial charge in [-0.15, -0.1) is 23.5 Å². The van der Waals surface area contributed by atoms with E-state index in [2.05, 4.69) is 25.1 Å². The quantitative estimate of drug-likeness (QED) is 0.0788. The van der Waals surface area contributed by atoms with Crippen LogP contribution in [-0.2, 0) is 22.6 Å². The van der Waals surface area contributed by atoms with Gasteiger partial charge in [0.1, 0.15) is 0 Å². The molecule has 4 aliphatic heterocycles. The zero-order chi connectivity index (χ0) is 55.7. The van der Waals surface area contributed by atoms with Crippen LogP contribution in [0.15, 0.2) is 43.6 Å². The fourth-order valence-electron chi connectivity index (χ4n) is 11.6. The number of aromatic carboxylic acids is 1. The van der Waals surface area contributed by atoms with E-state index in [4.69, 9.17) is 57.4 Å². The van der Waals surface area contributed by atoms with Gasteiger partial charge in [0.15, 0.2) is 23.0 Å². The molecular weight excluding hydrogens is 1070 g/mol. The average Bonchev–Trinajstić information content (AvgIpc) is 3.95. The zero-order valence-electron chi connectivity index (χ0n) is 45.7. The molecule has 6 aliphatic rings. The topological polar surface area (TPSA) is 220 Å². The number of halogens is 2. The summed E-state index contributed by atoms with van der Waals surface area (Å²) in [6.45, 7) is 15.7. The predicted molar refractivity (Wildman–Crippen MR) is 301 cm³/mol. The number of nitrogens with two attached hydrogens (primary N) is 1. The van der Waals surface area contributed by atoms with E-state index in [-0.39, 0.29) is 46.0 Å².